The summed E-state index contributed by atoms with van der Waals surface area (Å²) in [5.41, 5.74) is 0.00935. The number of hydrogen-bond donors (Lipinski definition) is 2. The number of carbonyl (C=O) groups excluding carboxylic acids is 3. The van der Waals surface area contributed by atoms with Crippen molar-refractivity contribution in [1.82, 2.24) is 10.2 Å². The molecule has 2 aromatic rings. The number of nitrogens with one attached hydrogen (secondary N) is 1. The Morgan fingerprint density at radius 1 is 1.19 bits per heavy atom. The Labute approximate surface area is 208 Å². The number of rotatable bonds is 8. The smallest absolute Gasteiger partial charge is 0.416 e. The minimum Gasteiger partial charge on any atom is -0.481 e. The molecule has 0 bridgehead atoms. The van der Waals surface area contributed by atoms with Gasteiger partial charge in [0, 0.05) is 11.4 Å². The van der Waals surface area contributed by atoms with Gasteiger partial charge in [0.25, 0.3) is 5.91 Å². The molecule has 0 spiro atoms. The lowest BCUT2D eigenvalue weighted by molar-refractivity contribution is -0.141. The number of hydrogen-bond acceptors (Lipinski definition) is 5. The first-order valence-corrected chi connectivity index (χ1v) is 11.9. The Morgan fingerprint density at radius 2 is 1.92 bits per heavy atom. The summed E-state index contributed by atoms with van der Waals surface area (Å²) in [7, 11) is 0. The van der Waals surface area contributed by atoms with E-state index in [2.05, 4.69) is 5.32 Å². The number of benzene rings is 1. The van der Waals surface area contributed by atoms with Crippen LogP contribution in [0.25, 0.3) is 10.4 Å². The van der Waals surface area contributed by atoms with Gasteiger partial charge in [-0.25, -0.2) is 4.39 Å². The zero-order chi connectivity index (χ0) is 26.6. The number of thiophene rings is 1. The van der Waals surface area contributed by atoms with Crippen molar-refractivity contribution in [1.29, 1.82) is 0 Å². The molecule has 194 valence electrons. The molecule has 1 aromatic carbocycles. The zero-order valence-electron chi connectivity index (χ0n) is 19.2. The molecule has 12 heteroatoms. The van der Waals surface area contributed by atoms with Crippen molar-refractivity contribution in [3.63, 3.8) is 0 Å². The number of ketones is 1. The Hall–Kier alpha value is -3.28. The van der Waals surface area contributed by atoms with Gasteiger partial charge in [-0.15, -0.1) is 11.3 Å². The third-order valence-electron chi connectivity index (χ3n) is 5.87. The minimum absolute atomic E-state index is 0.216. The number of piperidine rings is 1. The van der Waals surface area contributed by atoms with E-state index in [0.29, 0.717) is 28.8 Å². The van der Waals surface area contributed by atoms with Crippen LogP contribution in [0.2, 0.25) is 0 Å². The van der Waals surface area contributed by atoms with Crippen LogP contribution in [0.1, 0.15) is 46.5 Å². The maximum Gasteiger partial charge on any atom is 0.416 e. The molecule has 0 aliphatic carbocycles. The van der Waals surface area contributed by atoms with E-state index in [4.69, 9.17) is 5.11 Å². The van der Waals surface area contributed by atoms with Gasteiger partial charge < -0.3 is 15.3 Å². The average molecular weight is 529 g/mol. The topological polar surface area (TPSA) is 104 Å². The third kappa shape index (κ3) is 6.28. The lowest BCUT2D eigenvalue weighted by atomic mass is 9.99. The number of carbonyl (C=O) groups is 4. The minimum atomic E-state index is -4.52. The number of Topliss-reactive ketones (excluding diaryl/α,β-unsaturated/α-hetero) is 1. The van der Waals surface area contributed by atoms with Crippen LogP contribution in [0, 0.1) is 6.92 Å². The van der Waals surface area contributed by atoms with E-state index < -0.39 is 60.5 Å². The summed E-state index contributed by atoms with van der Waals surface area (Å²) in [4.78, 5) is 51.2. The van der Waals surface area contributed by atoms with Gasteiger partial charge in [-0.1, -0.05) is 12.1 Å². The van der Waals surface area contributed by atoms with E-state index in [1.54, 1.807) is 13.0 Å². The standard InChI is InChI=1S/C24H24F4N2O5S/c1-13-9-19(14-5-4-6-15(10-14)24(26,27)28)36-21(13)23(35)30-8-3-2-7-17(30)22(34)29-16(11-20(32)33)18(31)12-25/h4-6,9-10,16-17H,2-3,7-8,11-12H2,1H3,(H,29,34)(H,32,33)/t16-,17-/m0/s1. The molecule has 36 heavy (non-hydrogen) atoms. The Morgan fingerprint density at radius 3 is 2.56 bits per heavy atom. The maximum atomic E-state index is 13.4. The molecule has 1 aromatic heterocycles. The highest BCUT2D eigenvalue weighted by atomic mass is 32.1. The van der Waals surface area contributed by atoms with Crippen molar-refractivity contribution in [3.05, 3.63) is 46.3 Å². The molecule has 1 aliphatic rings. The predicted octanol–water partition coefficient (Wildman–Crippen LogP) is 4.24. The lowest BCUT2D eigenvalue weighted by Crippen LogP contribution is -2.55. The van der Waals surface area contributed by atoms with Gasteiger partial charge in [-0.05, 0) is 55.5 Å². The molecular formula is C24H24F4N2O5S. The summed E-state index contributed by atoms with van der Waals surface area (Å²) in [6.45, 7) is 0.411. The number of carboxylic acid groups (broad SMARTS) is 1. The highest BCUT2D eigenvalue weighted by Crippen LogP contribution is 2.36. The largest absolute Gasteiger partial charge is 0.481 e. The Balaban J connectivity index is 1.85. The third-order valence-corrected chi connectivity index (χ3v) is 7.14. The fraction of sp³-hybridized carbons (Fsp3) is 0.417. The Bertz CT molecular complexity index is 1160. The molecular weight excluding hydrogens is 504 g/mol. The van der Waals surface area contributed by atoms with Crippen LogP contribution in [0.5, 0.6) is 0 Å². The number of likely N-dealkylation sites (tertiary alicyclic amines) is 1. The number of alkyl halides is 4. The first kappa shape index (κ1) is 27.3. The van der Waals surface area contributed by atoms with Crippen molar-refractivity contribution >= 4 is 34.9 Å². The van der Waals surface area contributed by atoms with E-state index in [-0.39, 0.29) is 17.8 Å². The van der Waals surface area contributed by atoms with E-state index >= 15 is 0 Å². The fourth-order valence-corrected chi connectivity index (χ4v) is 5.17. The van der Waals surface area contributed by atoms with Gasteiger partial charge in [0.15, 0.2) is 5.78 Å². The van der Waals surface area contributed by atoms with E-state index in [1.165, 1.54) is 17.0 Å². The molecule has 2 amide bonds. The first-order chi connectivity index (χ1) is 16.9. The summed E-state index contributed by atoms with van der Waals surface area (Å²) in [5.74, 6) is -3.74. The van der Waals surface area contributed by atoms with Gasteiger partial charge in [0.05, 0.1) is 16.9 Å². The van der Waals surface area contributed by atoms with Crippen LogP contribution < -0.4 is 5.32 Å². The van der Waals surface area contributed by atoms with Crippen LogP contribution in [0.3, 0.4) is 0 Å². The SMILES string of the molecule is Cc1cc(-c2cccc(C(F)(F)F)c2)sc1C(=O)N1CCCC[C@H]1C(=O)N[C@@H](CC(=O)O)C(=O)CF. The van der Waals surface area contributed by atoms with E-state index in [9.17, 15) is 36.7 Å². The second-order valence-corrected chi connectivity index (χ2v) is 9.52. The van der Waals surface area contributed by atoms with E-state index in [1.807, 2.05) is 0 Å². The van der Waals surface area contributed by atoms with Crippen LogP contribution in [-0.2, 0) is 20.6 Å². The molecule has 0 saturated carbocycles. The quantitative estimate of drug-likeness (QED) is 0.499. The fourth-order valence-electron chi connectivity index (χ4n) is 4.04. The number of nitrogens with zero attached hydrogens (tertiary/aromatic N) is 1. The number of carboxylic acids is 1. The highest BCUT2D eigenvalue weighted by Gasteiger charge is 2.36. The van der Waals surface area contributed by atoms with Crippen molar-refractivity contribution in [2.75, 3.05) is 13.2 Å². The van der Waals surface area contributed by atoms with Crippen molar-refractivity contribution in [2.24, 2.45) is 0 Å². The molecule has 2 heterocycles. The highest BCUT2D eigenvalue weighted by molar-refractivity contribution is 7.17. The lowest BCUT2D eigenvalue weighted by Gasteiger charge is -2.35. The molecule has 1 saturated heterocycles. The summed E-state index contributed by atoms with van der Waals surface area (Å²) in [6.07, 6.45) is -3.85. The number of aryl methyl sites for hydroxylation is 1. The van der Waals surface area contributed by atoms with Gasteiger partial charge in [0.2, 0.25) is 5.91 Å². The van der Waals surface area contributed by atoms with Crippen molar-refractivity contribution in [3.8, 4) is 10.4 Å². The second-order valence-electron chi connectivity index (χ2n) is 8.47. The molecule has 1 aliphatic heterocycles. The van der Waals surface area contributed by atoms with Crippen LogP contribution in [0.15, 0.2) is 30.3 Å². The first-order valence-electron chi connectivity index (χ1n) is 11.1. The molecule has 1 fully saturated rings. The molecule has 0 unspecified atom stereocenters. The van der Waals surface area contributed by atoms with Gasteiger partial charge in [-0.3, -0.25) is 19.2 Å². The number of halogens is 4. The predicted molar refractivity (Wildman–Crippen MR) is 123 cm³/mol. The van der Waals surface area contributed by atoms with Gasteiger partial charge >= 0.3 is 12.1 Å². The monoisotopic (exact) mass is 528 g/mol. The normalized spacial score (nSPS) is 16.9. The Kier molecular flexibility index (Phi) is 8.49. The molecule has 2 atom stereocenters. The van der Waals surface area contributed by atoms with Crippen LogP contribution >= 0.6 is 11.3 Å². The molecule has 3 rings (SSSR count). The zero-order valence-corrected chi connectivity index (χ0v) is 20.0. The van der Waals surface area contributed by atoms with E-state index in [0.717, 1.165) is 23.5 Å². The van der Waals surface area contributed by atoms with Crippen molar-refractivity contribution in [2.45, 2.75) is 50.9 Å². The molecule has 2 N–H and O–H groups in total. The summed E-state index contributed by atoms with van der Waals surface area (Å²) < 4.78 is 52.2. The molecule has 0 radical (unpaired) electrons. The van der Waals surface area contributed by atoms with Crippen LogP contribution in [-0.4, -0.2) is 58.9 Å². The average Bonchev–Trinajstić information content (AvgIpc) is 3.23. The van der Waals surface area contributed by atoms with Crippen LogP contribution in [0.4, 0.5) is 17.6 Å². The summed E-state index contributed by atoms with van der Waals surface area (Å²) in [6, 6.07) is 3.79. The summed E-state index contributed by atoms with van der Waals surface area (Å²) >= 11 is 1.01. The molecule has 7 nitrogen and oxygen atoms in total. The van der Waals surface area contributed by atoms with Gasteiger partial charge in [0.1, 0.15) is 18.8 Å². The number of amides is 2. The number of aliphatic carboxylic acids is 1. The van der Waals surface area contributed by atoms with Crippen molar-refractivity contribution < 1.29 is 41.8 Å². The van der Waals surface area contributed by atoms with Gasteiger partial charge in [-0.2, -0.15) is 13.2 Å². The second kappa shape index (κ2) is 11.2. The maximum absolute atomic E-state index is 13.4. The summed E-state index contributed by atoms with van der Waals surface area (Å²) in [5, 5.41) is 11.2.